The van der Waals surface area contributed by atoms with Crippen molar-refractivity contribution in [3.05, 3.63) is 0 Å². The molecule has 1 rings (SSSR count). The maximum atomic E-state index is 11.8. The van der Waals surface area contributed by atoms with Gasteiger partial charge in [-0.2, -0.15) is 0 Å². The Morgan fingerprint density at radius 1 is 1.29 bits per heavy atom. The van der Waals surface area contributed by atoms with Gasteiger partial charge in [0.15, 0.2) is 0 Å². The van der Waals surface area contributed by atoms with Crippen molar-refractivity contribution >= 4 is 5.91 Å². The topological polar surface area (TPSA) is 41.1 Å². The zero-order chi connectivity index (χ0) is 12.7. The summed E-state index contributed by atoms with van der Waals surface area (Å²) in [5.41, 5.74) is 0. The zero-order valence-electron chi connectivity index (χ0n) is 11.6. The predicted molar refractivity (Wildman–Crippen MR) is 71.9 cm³/mol. The van der Waals surface area contributed by atoms with Crippen LogP contribution in [0.15, 0.2) is 0 Å². The summed E-state index contributed by atoms with van der Waals surface area (Å²) in [4.78, 5) is 11.8. The highest BCUT2D eigenvalue weighted by molar-refractivity contribution is 5.81. The van der Waals surface area contributed by atoms with E-state index in [0.717, 1.165) is 18.9 Å². The van der Waals surface area contributed by atoms with E-state index in [1.807, 2.05) is 13.8 Å². The molecule has 1 saturated carbocycles. The first-order valence-corrected chi connectivity index (χ1v) is 7.17. The van der Waals surface area contributed by atoms with Gasteiger partial charge in [-0.15, -0.1) is 0 Å². The van der Waals surface area contributed by atoms with Gasteiger partial charge in [0, 0.05) is 6.04 Å². The Labute approximate surface area is 106 Å². The van der Waals surface area contributed by atoms with Gasteiger partial charge in [0.25, 0.3) is 0 Å². The Kier molecular flexibility index (Phi) is 6.56. The van der Waals surface area contributed by atoms with Crippen LogP contribution >= 0.6 is 0 Å². The molecule has 3 heteroatoms. The van der Waals surface area contributed by atoms with Crippen LogP contribution in [0.5, 0.6) is 0 Å². The van der Waals surface area contributed by atoms with Gasteiger partial charge in [-0.05, 0) is 39.2 Å². The average molecular weight is 240 g/mol. The van der Waals surface area contributed by atoms with Gasteiger partial charge in [-0.1, -0.05) is 32.6 Å². The first kappa shape index (κ1) is 14.5. The van der Waals surface area contributed by atoms with E-state index in [0.29, 0.717) is 0 Å². The summed E-state index contributed by atoms with van der Waals surface area (Å²) in [7, 11) is 0. The molecule has 0 saturated heterocycles. The molecule has 0 aromatic carbocycles. The molecule has 1 aliphatic carbocycles. The molecular formula is C14H28N2O. The second-order valence-electron chi connectivity index (χ2n) is 5.43. The molecule has 3 nitrogen and oxygen atoms in total. The van der Waals surface area contributed by atoms with Gasteiger partial charge < -0.3 is 10.6 Å². The van der Waals surface area contributed by atoms with Gasteiger partial charge in [0.05, 0.1) is 6.04 Å². The van der Waals surface area contributed by atoms with Crippen molar-refractivity contribution in [3.63, 3.8) is 0 Å². The number of carbonyl (C=O) groups excluding carboxylic acids is 1. The summed E-state index contributed by atoms with van der Waals surface area (Å²) >= 11 is 0. The molecule has 0 aromatic rings. The van der Waals surface area contributed by atoms with E-state index in [-0.39, 0.29) is 18.0 Å². The quantitative estimate of drug-likeness (QED) is 0.717. The summed E-state index contributed by atoms with van der Waals surface area (Å²) in [6.07, 6.45) is 7.77. The predicted octanol–water partition coefficient (Wildman–Crippen LogP) is 2.46. The Balaban J connectivity index is 2.10. The smallest absolute Gasteiger partial charge is 0.237 e. The molecule has 2 atom stereocenters. The first-order chi connectivity index (χ1) is 8.13. The van der Waals surface area contributed by atoms with Crippen molar-refractivity contribution in [2.24, 2.45) is 5.92 Å². The minimum Gasteiger partial charge on any atom is -0.352 e. The minimum absolute atomic E-state index is 0.0644. The summed E-state index contributed by atoms with van der Waals surface area (Å²) in [5, 5.41) is 6.33. The highest BCUT2D eigenvalue weighted by Crippen LogP contribution is 2.26. The van der Waals surface area contributed by atoms with E-state index in [1.165, 1.54) is 32.1 Å². The van der Waals surface area contributed by atoms with E-state index in [9.17, 15) is 4.79 Å². The molecule has 0 bridgehead atoms. The zero-order valence-corrected chi connectivity index (χ0v) is 11.6. The van der Waals surface area contributed by atoms with Crippen LogP contribution in [0.3, 0.4) is 0 Å². The Hall–Kier alpha value is -0.570. The molecule has 1 amide bonds. The van der Waals surface area contributed by atoms with Gasteiger partial charge in [-0.3, -0.25) is 4.79 Å². The van der Waals surface area contributed by atoms with Crippen LogP contribution in [-0.4, -0.2) is 24.5 Å². The van der Waals surface area contributed by atoms with Crippen LogP contribution in [-0.2, 0) is 4.79 Å². The lowest BCUT2D eigenvalue weighted by molar-refractivity contribution is -0.123. The van der Waals surface area contributed by atoms with Gasteiger partial charge in [0.2, 0.25) is 5.91 Å². The van der Waals surface area contributed by atoms with Gasteiger partial charge in [-0.25, -0.2) is 0 Å². The largest absolute Gasteiger partial charge is 0.352 e. The monoisotopic (exact) mass is 240 g/mol. The van der Waals surface area contributed by atoms with Crippen molar-refractivity contribution < 1.29 is 4.79 Å². The summed E-state index contributed by atoms with van der Waals surface area (Å²) < 4.78 is 0. The van der Waals surface area contributed by atoms with Crippen LogP contribution in [0, 0.1) is 5.92 Å². The van der Waals surface area contributed by atoms with Crippen molar-refractivity contribution in [2.75, 3.05) is 6.54 Å². The fraction of sp³-hybridized carbons (Fsp3) is 0.929. The third kappa shape index (κ3) is 5.53. The molecule has 0 radical (unpaired) electrons. The lowest BCUT2D eigenvalue weighted by Crippen LogP contribution is -2.45. The number of carbonyl (C=O) groups is 1. The average Bonchev–Trinajstić information content (AvgIpc) is 2.81. The minimum atomic E-state index is -0.0644. The second-order valence-corrected chi connectivity index (χ2v) is 5.43. The maximum absolute atomic E-state index is 11.8. The molecule has 0 aliphatic heterocycles. The molecular weight excluding hydrogens is 212 g/mol. The number of rotatable bonds is 7. The first-order valence-electron chi connectivity index (χ1n) is 7.17. The van der Waals surface area contributed by atoms with Crippen molar-refractivity contribution in [1.29, 1.82) is 0 Å². The molecule has 0 heterocycles. The molecule has 0 aromatic heterocycles. The summed E-state index contributed by atoms with van der Waals surface area (Å²) in [6.45, 7) is 7.05. The van der Waals surface area contributed by atoms with E-state index in [2.05, 4.69) is 17.6 Å². The summed E-state index contributed by atoms with van der Waals surface area (Å²) in [6, 6.07) is 0.215. The van der Waals surface area contributed by atoms with Crippen LogP contribution in [0.1, 0.15) is 59.3 Å². The molecule has 1 aliphatic rings. The van der Waals surface area contributed by atoms with Crippen LogP contribution in [0.4, 0.5) is 0 Å². The standard InChI is InChI=1S/C14H28N2O/c1-4-11(2)16-14(17)12(3)15-10-9-13-7-5-6-8-13/h11-13,15H,4-10H2,1-3H3,(H,16,17). The Morgan fingerprint density at radius 3 is 2.53 bits per heavy atom. The third-order valence-corrected chi connectivity index (χ3v) is 3.87. The lowest BCUT2D eigenvalue weighted by Gasteiger charge is -2.18. The van der Waals surface area contributed by atoms with Crippen LogP contribution in [0.2, 0.25) is 0 Å². The number of nitrogens with one attached hydrogen (secondary N) is 2. The fourth-order valence-electron chi connectivity index (χ4n) is 2.37. The van der Waals surface area contributed by atoms with Crippen molar-refractivity contribution in [2.45, 2.75) is 71.4 Å². The molecule has 1 fully saturated rings. The SMILES string of the molecule is CCC(C)NC(=O)C(C)NCCC1CCCC1. The second kappa shape index (κ2) is 7.70. The van der Waals surface area contributed by atoms with Gasteiger partial charge in [0.1, 0.15) is 0 Å². The maximum Gasteiger partial charge on any atom is 0.237 e. The van der Waals surface area contributed by atoms with Crippen LogP contribution in [0.25, 0.3) is 0 Å². The highest BCUT2D eigenvalue weighted by atomic mass is 16.2. The third-order valence-electron chi connectivity index (χ3n) is 3.87. The van der Waals surface area contributed by atoms with Crippen molar-refractivity contribution in [3.8, 4) is 0 Å². The summed E-state index contributed by atoms with van der Waals surface area (Å²) in [5.74, 6) is 1.03. The van der Waals surface area contributed by atoms with Crippen LogP contribution < -0.4 is 10.6 Å². The van der Waals surface area contributed by atoms with E-state index in [1.54, 1.807) is 0 Å². The highest BCUT2D eigenvalue weighted by Gasteiger charge is 2.17. The molecule has 0 spiro atoms. The van der Waals surface area contributed by atoms with Crippen molar-refractivity contribution in [1.82, 2.24) is 10.6 Å². The lowest BCUT2D eigenvalue weighted by atomic mass is 10.0. The van der Waals surface area contributed by atoms with E-state index < -0.39 is 0 Å². The fourth-order valence-corrected chi connectivity index (χ4v) is 2.37. The Morgan fingerprint density at radius 2 is 1.94 bits per heavy atom. The Bertz CT molecular complexity index is 224. The number of hydrogen-bond acceptors (Lipinski definition) is 2. The normalized spacial score (nSPS) is 20.2. The number of amides is 1. The van der Waals surface area contributed by atoms with E-state index >= 15 is 0 Å². The molecule has 17 heavy (non-hydrogen) atoms. The van der Waals surface area contributed by atoms with E-state index in [4.69, 9.17) is 0 Å². The number of hydrogen-bond donors (Lipinski definition) is 2. The molecule has 2 unspecified atom stereocenters. The molecule has 100 valence electrons. The molecule has 2 N–H and O–H groups in total. The van der Waals surface area contributed by atoms with Gasteiger partial charge >= 0.3 is 0 Å².